The highest BCUT2D eigenvalue weighted by molar-refractivity contribution is 5.77. The quantitative estimate of drug-likeness (QED) is 0.771. The van der Waals surface area contributed by atoms with E-state index < -0.39 is 0 Å². The zero-order valence-corrected chi connectivity index (χ0v) is 14.9. The summed E-state index contributed by atoms with van der Waals surface area (Å²) in [6.07, 6.45) is 10.1. The minimum absolute atomic E-state index is 0.109. The van der Waals surface area contributed by atoms with Gasteiger partial charge in [-0.15, -0.1) is 0 Å². The van der Waals surface area contributed by atoms with Crippen molar-refractivity contribution in [3.05, 3.63) is 0 Å². The average Bonchev–Trinajstić information content (AvgIpc) is 3.07. The molecule has 1 aliphatic carbocycles. The van der Waals surface area contributed by atoms with E-state index in [2.05, 4.69) is 4.90 Å². The molecule has 0 bridgehead atoms. The van der Waals surface area contributed by atoms with Crippen LogP contribution < -0.4 is 0 Å². The van der Waals surface area contributed by atoms with Crippen molar-refractivity contribution >= 4 is 5.91 Å². The average molecular weight is 336 g/mol. The molecular formula is C19H32N2O3. The van der Waals surface area contributed by atoms with E-state index in [9.17, 15) is 4.79 Å². The van der Waals surface area contributed by atoms with Crippen molar-refractivity contribution in [3.63, 3.8) is 0 Å². The number of ether oxygens (including phenoxy) is 2. The molecule has 3 saturated heterocycles. The summed E-state index contributed by atoms with van der Waals surface area (Å²) >= 11 is 0. The molecule has 5 heteroatoms. The third kappa shape index (κ3) is 3.35. The van der Waals surface area contributed by atoms with Gasteiger partial charge in [-0.2, -0.15) is 0 Å². The Hall–Kier alpha value is -0.650. The Morgan fingerprint density at radius 1 is 1.08 bits per heavy atom. The smallest absolute Gasteiger partial charge is 0.248 e. The number of piperidine rings is 1. The first-order valence-electron chi connectivity index (χ1n) is 9.98. The first-order chi connectivity index (χ1) is 11.8. The van der Waals surface area contributed by atoms with Crippen LogP contribution in [0.25, 0.3) is 0 Å². The Bertz CT molecular complexity index is 448. The number of nitrogens with zero attached hydrogens (tertiary/aromatic N) is 2. The summed E-state index contributed by atoms with van der Waals surface area (Å²) in [7, 11) is 0. The fourth-order valence-electron chi connectivity index (χ4n) is 5.00. The van der Waals surface area contributed by atoms with Crippen LogP contribution in [0.3, 0.4) is 0 Å². The molecule has 2 unspecified atom stereocenters. The maximum Gasteiger partial charge on any atom is 0.248 e. The highest BCUT2D eigenvalue weighted by Crippen LogP contribution is 2.42. The molecule has 4 rings (SSSR count). The van der Waals surface area contributed by atoms with Crippen LogP contribution >= 0.6 is 0 Å². The third-order valence-electron chi connectivity index (χ3n) is 6.68. The lowest BCUT2D eigenvalue weighted by Gasteiger charge is -2.53. The molecule has 0 radical (unpaired) electrons. The number of amides is 1. The standard InChI is InChI=1S/C19H32N2O3/c22-18(20-9-1-2-10-20)13-23-15-19-8-4-12-24-17(19)7-11-21(14-19)16-5-3-6-16/h16-17H,1-15H2. The van der Waals surface area contributed by atoms with Gasteiger partial charge in [-0.1, -0.05) is 6.42 Å². The second-order valence-corrected chi connectivity index (χ2v) is 8.25. The van der Waals surface area contributed by atoms with E-state index >= 15 is 0 Å². The van der Waals surface area contributed by atoms with Crippen LogP contribution in [0, 0.1) is 5.41 Å². The van der Waals surface area contributed by atoms with E-state index in [1.54, 1.807) is 0 Å². The van der Waals surface area contributed by atoms with Crippen molar-refractivity contribution in [3.8, 4) is 0 Å². The predicted octanol–water partition coefficient (Wildman–Crippen LogP) is 2.05. The number of carbonyl (C=O) groups excluding carboxylic acids is 1. The van der Waals surface area contributed by atoms with Crippen molar-refractivity contribution in [2.45, 2.75) is 63.5 Å². The van der Waals surface area contributed by atoms with E-state index in [0.29, 0.717) is 12.7 Å². The van der Waals surface area contributed by atoms with Crippen LogP contribution in [-0.2, 0) is 14.3 Å². The molecule has 3 aliphatic heterocycles. The molecule has 4 aliphatic rings. The van der Waals surface area contributed by atoms with E-state index in [-0.39, 0.29) is 17.9 Å². The molecule has 0 aromatic rings. The number of carbonyl (C=O) groups is 1. The molecule has 1 amide bonds. The summed E-state index contributed by atoms with van der Waals surface area (Å²) in [6, 6.07) is 0.788. The fourth-order valence-corrected chi connectivity index (χ4v) is 5.00. The first kappa shape index (κ1) is 16.8. The van der Waals surface area contributed by atoms with E-state index in [0.717, 1.165) is 58.0 Å². The largest absolute Gasteiger partial charge is 0.377 e. The van der Waals surface area contributed by atoms with Crippen molar-refractivity contribution in [2.24, 2.45) is 5.41 Å². The van der Waals surface area contributed by atoms with Crippen LogP contribution in [0.1, 0.15) is 51.4 Å². The molecule has 4 fully saturated rings. The minimum atomic E-state index is 0.109. The predicted molar refractivity (Wildman–Crippen MR) is 91.9 cm³/mol. The van der Waals surface area contributed by atoms with Crippen LogP contribution in [0.2, 0.25) is 0 Å². The number of likely N-dealkylation sites (tertiary alicyclic amines) is 2. The summed E-state index contributed by atoms with van der Waals surface area (Å²) < 4.78 is 12.1. The van der Waals surface area contributed by atoms with Gasteiger partial charge in [0.2, 0.25) is 5.91 Å². The first-order valence-corrected chi connectivity index (χ1v) is 9.98. The molecule has 1 saturated carbocycles. The lowest BCUT2D eigenvalue weighted by Crippen LogP contribution is -2.59. The number of hydrogen-bond acceptors (Lipinski definition) is 4. The van der Waals surface area contributed by atoms with Gasteiger partial charge in [-0.05, 0) is 44.9 Å². The molecule has 0 spiro atoms. The van der Waals surface area contributed by atoms with Crippen LogP contribution in [0.5, 0.6) is 0 Å². The molecule has 0 aromatic heterocycles. The zero-order valence-electron chi connectivity index (χ0n) is 14.9. The zero-order chi connectivity index (χ0) is 16.4. The van der Waals surface area contributed by atoms with Crippen molar-refractivity contribution < 1.29 is 14.3 Å². The number of fused-ring (bicyclic) bond motifs is 1. The number of rotatable bonds is 5. The lowest BCUT2D eigenvalue weighted by molar-refractivity contribution is -0.165. The van der Waals surface area contributed by atoms with Gasteiger partial charge in [0.15, 0.2) is 0 Å². The van der Waals surface area contributed by atoms with Crippen LogP contribution in [-0.4, -0.2) is 73.9 Å². The molecule has 136 valence electrons. The maximum atomic E-state index is 12.2. The monoisotopic (exact) mass is 336 g/mol. The molecule has 5 nitrogen and oxygen atoms in total. The highest BCUT2D eigenvalue weighted by atomic mass is 16.5. The minimum Gasteiger partial charge on any atom is -0.377 e. The van der Waals surface area contributed by atoms with Crippen molar-refractivity contribution in [1.29, 1.82) is 0 Å². The Morgan fingerprint density at radius 2 is 1.92 bits per heavy atom. The van der Waals surface area contributed by atoms with E-state index in [1.807, 2.05) is 4.90 Å². The highest BCUT2D eigenvalue weighted by Gasteiger charge is 2.47. The summed E-state index contributed by atoms with van der Waals surface area (Å²) in [4.78, 5) is 16.9. The van der Waals surface area contributed by atoms with Crippen LogP contribution in [0.15, 0.2) is 0 Å². The van der Waals surface area contributed by atoms with Crippen molar-refractivity contribution in [1.82, 2.24) is 9.80 Å². The summed E-state index contributed by atoms with van der Waals surface area (Å²) in [5.41, 5.74) is 0.109. The molecule has 2 atom stereocenters. The normalized spacial score (nSPS) is 34.8. The second kappa shape index (κ2) is 7.30. The fraction of sp³-hybridized carbons (Fsp3) is 0.947. The van der Waals surface area contributed by atoms with Gasteiger partial charge in [0.1, 0.15) is 6.61 Å². The van der Waals surface area contributed by atoms with Gasteiger partial charge in [0, 0.05) is 44.2 Å². The van der Waals surface area contributed by atoms with Crippen LogP contribution in [0.4, 0.5) is 0 Å². The van der Waals surface area contributed by atoms with Gasteiger partial charge in [0.25, 0.3) is 0 Å². The Morgan fingerprint density at radius 3 is 2.67 bits per heavy atom. The van der Waals surface area contributed by atoms with Gasteiger partial charge in [-0.3, -0.25) is 9.69 Å². The maximum absolute atomic E-state index is 12.2. The summed E-state index contributed by atoms with van der Waals surface area (Å²) in [5.74, 6) is 0.170. The lowest BCUT2D eigenvalue weighted by atomic mass is 9.72. The number of hydrogen-bond donors (Lipinski definition) is 0. The van der Waals surface area contributed by atoms with Gasteiger partial charge >= 0.3 is 0 Å². The summed E-state index contributed by atoms with van der Waals surface area (Å²) in [6.45, 7) is 5.91. The molecular weight excluding hydrogens is 304 g/mol. The Kier molecular flexibility index (Phi) is 5.11. The van der Waals surface area contributed by atoms with Gasteiger partial charge < -0.3 is 14.4 Å². The Labute approximate surface area is 145 Å². The Balaban J connectivity index is 1.34. The third-order valence-corrected chi connectivity index (χ3v) is 6.68. The van der Waals surface area contributed by atoms with Gasteiger partial charge in [0.05, 0.1) is 12.7 Å². The molecule has 0 N–H and O–H groups in total. The molecule has 24 heavy (non-hydrogen) atoms. The topological polar surface area (TPSA) is 42.0 Å². The van der Waals surface area contributed by atoms with Crippen molar-refractivity contribution in [2.75, 3.05) is 46.0 Å². The van der Waals surface area contributed by atoms with E-state index in [4.69, 9.17) is 9.47 Å². The summed E-state index contributed by atoms with van der Waals surface area (Å²) in [5, 5.41) is 0. The SMILES string of the molecule is O=C(COCC12CCCOC1CCN(C1CCC1)C2)N1CCCC1. The second-order valence-electron chi connectivity index (χ2n) is 8.25. The molecule has 0 aromatic carbocycles. The van der Waals surface area contributed by atoms with Gasteiger partial charge in [-0.25, -0.2) is 0 Å². The molecule has 3 heterocycles. The van der Waals surface area contributed by atoms with E-state index in [1.165, 1.54) is 32.2 Å².